The number of hydrogen-bond donors (Lipinski definition) is 0. The van der Waals surface area contributed by atoms with Crippen molar-refractivity contribution in [1.29, 1.82) is 0 Å². The lowest BCUT2D eigenvalue weighted by molar-refractivity contribution is -0.660. The Balaban J connectivity index is 0.000000187. The largest absolute Gasteiger partial charge is 0.213 e. The van der Waals surface area contributed by atoms with Crippen LogP contribution in [-0.4, -0.2) is 0 Å². The van der Waals surface area contributed by atoms with Crippen molar-refractivity contribution >= 4 is 0 Å². The Bertz CT molecular complexity index is 5500. The average Bonchev–Trinajstić information content (AvgIpc) is 0.759. The number of nitrogens with zero attached hydrogens (tertiary/aromatic N) is 4. The van der Waals surface area contributed by atoms with Gasteiger partial charge in [-0.2, -0.15) is 0 Å². The first-order chi connectivity index (χ1) is 56.7. The molecule has 8 aromatic carbocycles. The van der Waals surface area contributed by atoms with E-state index in [0.29, 0.717) is 39.7 Å². The monoisotopic (exact) mass is 1410 g/mol. The summed E-state index contributed by atoms with van der Waals surface area (Å²) in [4.78, 5) is 0. The molecule has 0 bridgehead atoms. The molecule has 0 spiro atoms. The molecule has 0 aliphatic rings. The minimum atomic E-state index is -2.64. The van der Waals surface area contributed by atoms with Crippen molar-refractivity contribution in [2.45, 2.75) is 181 Å². The van der Waals surface area contributed by atoms with Crippen LogP contribution in [0, 0.1) is 59.2 Å². The van der Waals surface area contributed by atoms with E-state index in [4.69, 9.17) is 24.7 Å². The number of hydrogen-bond acceptors (Lipinski definition) is 0. The van der Waals surface area contributed by atoms with Gasteiger partial charge in [-0.25, -0.2) is 18.3 Å². The van der Waals surface area contributed by atoms with Gasteiger partial charge in [0.1, 0.15) is 28.2 Å². The summed E-state index contributed by atoms with van der Waals surface area (Å²) in [6.45, 7) is 22.7. The molecule has 4 heteroatoms. The van der Waals surface area contributed by atoms with Crippen molar-refractivity contribution in [2.24, 2.45) is 39.0 Å². The number of pyridine rings is 4. The molecule has 0 radical (unpaired) electrons. The Morgan fingerprint density at radius 3 is 0.886 bits per heavy atom. The van der Waals surface area contributed by atoms with E-state index in [1.165, 1.54) is 70.6 Å². The lowest BCUT2D eigenvalue weighted by Crippen LogP contribution is -2.30. The fourth-order valence-corrected chi connectivity index (χ4v) is 13.0. The summed E-state index contributed by atoms with van der Waals surface area (Å²) in [5.41, 5.74) is 23.8. The van der Waals surface area contributed by atoms with Crippen LogP contribution < -0.4 is 18.3 Å². The molecule has 0 aliphatic carbocycles. The number of aromatic nitrogens is 4. The van der Waals surface area contributed by atoms with Crippen LogP contribution in [-0.2, 0) is 40.9 Å². The number of benzene rings is 8. The van der Waals surface area contributed by atoms with Gasteiger partial charge in [0.2, 0.25) is 22.8 Å². The van der Waals surface area contributed by atoms with E-state index in [2.05, 4.69) is 137 Å². The van der Waals surface area contributed by atoms with Gasteiger partial charge in [-0.1, -0.05) is 236 Å². The van der Waals surface area contributed by atoms with Crippen LogP contribution in [0.15, 0.2) is 237 Å². The first-order valence-corrected chi connectivity index (χ1v) is 36.6. The molecule has 542 valence electrons. The van der Waals surface area contributed by atoms with E-state index >= 15 is 0 Å². The van der Waals surface area contributed by atoms with E-state index in [-0.39, 0.29) is 22.3 Å². The zero-order valence-electron chi connectivity index (χ0n) is 84.0. The molecule has 0 N–H and O–H groups in total. The third-order valence-electron chi connectivity index (χ3n) is 19.0. The van der Waals surface area contributed by atoms with E-state index in [1.54, 1.807) is 31.2 Å². The molecule has 0 amide bonds. The van der Waals surface area contributed by atoms with Gasteiger partial charge < -0.3 is 0 Å². The summed E-state index contributed by atoms with van der Waals surface area (Å²) in [7, 11) is 8.03. The Hall–Kier alpha value is -9.64. The van der Waals surface area contributed by atoms with Crippen molar-refractivity contribution in [2.75, 3.05) is 0 Å². The van der Waals surface area contributed by atoms with Crippen LogP contribution in [0.5, 0.6) is 0 Å². The third-order valence-corrected chi connectivity index (χ3v) is 19.0. The van der Waals surface area contributed by atoms with Crippen LogP contribution in [0.2, 0.25) is 0 Å². The van der Waals surface area contributed by atoms with Gasteiger partial charge in [0.15, 0.2) is 24.8 Å². The highest BCUT2D eigenvalue weighted by Gasteiger charge is 2.22. The van der Waals surface area contributed by atoms with Gasteiger partial charge in [-0.3, -0.25) is 0 Å². The minimum Gasteiger partial charge on any atom is -0.201 e. The molecule has 4 nitrogen and oxygen atoms in total. The summed E-state index contributed by atoms with van der Waals surface area (Å²) in [5.74, 6) is -2.91. The number of rotatable bonds is 14. The maximum Gasteiger partial charge on any atom is 0.213 e. The third kappa shape index (κ3) is 20.9. The van der Waals surface area contributed by atoms with Crippen molar-refractivity contribution in [3.8, 4) is 89.5 Å². The normalized spacial score (nSPS) is 15.9. The molecule has 4 aromatic heterocycles. The van der Waals surface area contributed by atoms with Crippen molar-refractivity contribution in [3.63, 3.8) is 0 Å². The van der Waals surface area contributed by atoms with Crippen LogP contribution >= 0.6 is 0 Å². The molecule has 12 rings (SSSR count). The van der Waals surface area contributed by atoms with Gasteiger partial charge in [-0.05, 0) is 237 Å². The second-order valence-corrected chi connectivity index (χ2v) is 30.9. The van der Waals surface area contributed by atoms with Crippen LogP contribution in [0.25, 0.3) is 89.5 Å². The molecule has 2 unspecified atom stereocenters. The SMILES string of the molecule is Cc1ccccc1-c1cc(-c2cc(C(C)C)cc(C(C)C)c2)cc[n+]1C.[2H]C([2H])([2H])C([2H])(C)c1cc(-c2cc[n+](C)c(-c3ccccc3C)c2)cc(C([2H])(C)C([2H])([2H])[2H])c1.[2H]C([2H])([2H])c1cc(-c2cc[n+](C)c(-c3ccccc3C)c2)cc(C)c1C([2H])([2H])[2H].[2H]C([2H])(c1cc(-c2cc[n+](C)c(-c3ccccc3C)c2)cc(C([2H])([2H])C(C)(C)C)c1)C(C)(C)C. The van der Waals surface area contributed by atoms with Gasteiger partial charge in [0.05, 0.1) is 0 Å². The topological polar surface area (TPSA) is 15.5 Å². The standard InChI is InChI=1S/C29H38N.2C25H30N.C22H24N/c1-21-11-9-10-12-26(21)27-18-24(13-14-30(27)8)25-16-22(19-28(2,3)4)15-23(17-25)20-29(5,6)7;2*1-17(2)21-13-22(18(3)4)15-23(14-21)20-11-12-26(6)25(16-20)24-10-8-7-9-19(24)5;1-15-8-6-7-9-21(15)22-14-19(10-11-23(22)5)20-12-16(2)18(4)17(3)13-20/h9-18H,19-20H2,1-8H3;2*7-18H,1-6H3;6-14H,1-5H3/q4*+1/i19D2,20D2;1D3,3D3,17D,18D;;2D3,4D3. The highest BCUT2D eigenvalue weighted by Crippen LogP contribution is 2.37. The van der Waals surface area contributed by atoms with Crippen molar-refractivity contribution in [1.82, 2.24) is 0 Å². The molecule has 12 aromatic rings. The summed E-state index contributed by atoms with van der Waals surface area (Å²) in [6.07, 6.45) is 4.73. The van der Waals surface area contributed by atoms with E-state index in [9.17, 15) is 0 Å². The minimum absolute atomic E-state index is 0.0816. The van der Waals surface area contributed by atoms with Gasteiger partial charge in [0, 0.05) is 95.5 Å². The summed E-state index contributed by atoms with van der Waals surface area (Å²) < 4.78 is 155. The Morgan fingerprint density at radius 2 is 0.600 bits per heavy atom. The average molecular weight is 1410 g/mol. The van der Waals surface area contributed by atoms with Gasteiger partial charge >= 0.3 is 0 Å². The summed E-state index contributed by atoms with van der Waals surface area (Å²) in [5, 5.41) is 0. The quantitative estimate of drug-likeness (QED) is 0.0965. The van der Waals surface area contributed by atoms with E-state index < -0.39 is 62.8 Å². The number of aryl methyl sites for hydroxylation is 10. The first-order valence-electron chi connectivity index (χ1n) is 45.6. The fourth-order valence-electron chi connectivity index (χ4n) is 13.0. The molecular formula is C101H122N4+4. The highest BCUT2D eigenvalue weighted by atomic mass is 14.9. The van der Waals surface area contributed by atoms with Crippen molar-refractivity contribution < 1.29 is 42.9 Å². The zero-order valence-corrected chi connectivity index (χ0v) is 66.0. The molecule has 0 aliphatic heterocycles. The molecule has 4 heterocycles. The van der Waals surface area contributed by atoms with Crippen LogP contribution in [0.3, 0.4) is 0 Å². The van der Waals surface area contributed by atoms with Crippen LogP contribution in [0.4, 0.5) is 0 Å². The molecule has 0 saturated heterocycles. The van der Waals surface area contributed by atoms with Crippen molar-refractivity contribution in [3.05, 3.63) is 309 Å². The zero-order chi connectivity index (χ0) is 91.8. The molecule has 0 fully saturated rings. The highest BCUT2D eigenvalue weighted by molar-refractivity contribution is 5.75. The molecular weight excluding hydrogens is 1270 g/mol. The summed E-state index contributed by atoms with van der Waals surface area (Å²) >= 11 is 0. The first kappa shape index (κ1) is 57.6. The maximum absolute atomic E-state index is 8.91. The second-order valence-electron chi connectivity index (χ2n) is 30.9. The van der Waals surface area contributed by atoms with Gasteiger partial charge in [0.25, 0.3) is 0 Å². The predicted octanol–water partition coefficient (Wildman–Crippen LogP) is 25.2. The lowest BCUT2D eigenvalue weighted by atomic mass is 9.83. The summed E-state index contributed by atoms with van der Waals surface area (Å²) in [6, 6.07) is 69.8. The Morgan fingerprint density at radius 1 is 0.314 bits per heavy atom. The molecule has 105 heavy (non-hydrogen) atoms. The van der Waals surface area contributed by atoms with E-state index in [0.717, 1.165) is 67.2 Å². The predicted molar refractivity (Wildman–Crippen MR) is 450 cm³/mol. The van der Waals surface area contributed by atoms with Crippen LogP contribution in [0.1, 0.15) is 217 Å². The second kappa shape index (κ2) is 34.5. The maximum atomic E-state index is 8.91. The van der Waals surface area contributed by atoms with E-state index in [1.807, 2.05) is 207 Å². The molecule has 2 atom stereocenters. The Labute approximate surface area is 659 Å². The Kier molecular flexibility index (Phi) is 19.0. The lowest BCUT2D eigenvalue weighted by Gasteiger charge is -2.22. The van der Waals surface area contributed by atoms with Gasteiger partial charge in [-0.15, -0.1) is 0 Å². The fraction of sp³-hybridized carbons (Fsp3) is 0.327. The smallest absolute Gasteiger partial charge is 0.201 e. The molecule has 0 saturated carbocycles.